The summed E-state index contributed by atoms with van der Waals surface area (Å²) in [4.78, 5) is 12.2. The van der Waals surface area contributed by atoms with Gasteiger partial charge in [0.2, 0.25) is 0 Å². The van der Waals surface area contributed by atoms with Crippen LogP contribution in [-0.2, 0) is 6.54 Å². The molecule has 0 aliphatic heterocycles. The molecule has 0 heterocycles. The summed E-state index contributed by atoms with van der Waals surface area (Å²) < 4.78 is 0. The Morgan fingerprint density at radius 2 is 1.65 bits per heavy atom. The van der Waals surface area contributed by atoms with Gasteiger partial charge in [0.15, 0.2) is 0 Å². The zero-order valence-electron chi connectivity index (χ0n) is 11.5. The Bertz CT molecular complexity index is 577. The SMILES string of the molecule is CN(C)c1ccc(NCc2ccc([N+](=O)[O-])cc2)cc1. The highest BCUT2D eigenvalue weighted by Crippen LogP contribution is 2.17. The van der Waals surface area contributed by atoms with Crippen LogP contribution in [-0.4, -0.2) is 19.0 Å². The lowest BCUT2D eigenvalue weighted by molar-refractivity contribution is -0.384. The number of nitro benzene ring substituents is 1. The molecule has 0 saturated carbocycles. The van der Waals surface area contributed by atoms with Crippen molar-refractivity contribution in [1.29, 1.82) is 0 Å². The van der Waals surface area contributed by atoms with Crippen molar-refractivity contribution in [2.75, 3.05) is 24.3 Å². The minimum absolute atomic E-state index is 0.115. The topological polar surface area (TPSA) is 58.4 Å². The molecule has 20 heavy (non-hydrogen) atoms. The van der Waals surface area contributed by atoms with Crippen LogP contribution in [0.2, 0.25) is 0 Å². The van der Waals surface area contributed by atoms with Crippen molar-refractivity contribution < 1.29 is 4.92 Å². The highest BCUT2D eigenvalue weighted by molar-refractivity contribution is 5.54. The van der Waals surface area contributed by atoms with Gasteiger partial charge in [0.1, 0.15) is 0 Å². The lowest BCUT2D eigenvalue weighted by atomic mass is 10.2. The van der Waals surface area contributed by atoms with E-state index in [1.54, 1.807) is 12.1 Å². The molecule has 5 nitrogen and oxygen atoms in total. The van der Waals surface area contributed by atoms with Crippen molar-refractivity contribution in [3.05, 3.63) is 64.2 Å². The zero-order chi connectivity index (χ0) is 14.5. The maximum absolute atomic E-state index is 10.6. The van der Waals surface area contributed by atoms with Crippen LogP contribution in [0.15, 0.2) is 48.5 Å². The van der Waals surface area contributed by atoms with E-state index in [-0.39, 0.29) is 5.69 Å². The normalized spacial score (nSPS) is 10.1. The third-order valence-corrected chi connectivity index (χ3v) is 3.03. The van der Waals surface area contributed by atoms with Crippen LogP contribution in [0.3, 0.4) is 0 Å². The molecule has 0 atom stereocenters. The van der Waals surface area contributed by atoms with E-state index in [9.17, 15) is 10.1 Å². The highest BCUT2D eigenvalue weighted by atomic mass is 16.6. The number of nitrogens with one attached hydrogen (secondary N) is 1. The van der Waals surface area contributed by atoms with E-state index in [1.807, 2.05) is 43.3 Å². The molecule has 0 aliphatic carbocycles. The third kappa shape index (κ3) is 3.47. The van der Waals surface area contributed by atoms with Gasteiger partial charge >= 0.3 is 0 Å². The van der Waals surface area contributed by atoms with Gasteiger partial charge in [0, 0.05) is 44.1 Å². The van der Waals surface area contributed by atoms with E-state index in [0.717, 1.165) is 16.9 Å². The summed E-state index contributed by atoms with van der Waals surface area (Å²) in [5.41, 5.74) is 3.29. The molecule has 2 rings (SSSR count). The number of anilines is 2. The molecule has 1 N–H and O–H groups in total. The van der Waals surface area contributed by atoms with E-state index in [1.165, 1.54) is 12.1 Å². The molecule has 0 amide bonds. The van der Waals surface area contributed by atoms with Gasteiger partial charge in [-0.2, -0.15) is 0 Å². The molecule has 0 aliphatic rings. The Balaban J connectivity index is 1.96. The van der Waals surface area contributed by atoms with Crippen molar-refractivity contribution in [3.63, 3.8) is 0 Å². The minimum Gasteiger partial charge on any atom is -0.381 e. The second-order valence-electron chi connectivity index (χ2n) is 4.72. The maximum Gasteiger partial charge on any atom is 0.269 e. The van der Waals surface area contributed by atoms with E-state index in [4.69, 9.17) is 0 Å². The lowest BCUT2D eigenvalue weighted by Gasteiger charge is -2.13. The van der Waals surface area contributed by atoms with Crippen molar-refractivity contribution in [2.24, 2.45) is 0 Å². The molecule has 0 radical (unpaired) electrons. The van der Waals surface area contributed by atoms with Gasteiger partial charge < -0.3 is 10.2 Å². The first-order valence-corrected chi connectivity index (χ1v) is 6.31. The predicted molar refractivity (Wildman–Crippen MR) is 81.2 cm³/mol. The van der Waals surface area contributed by atoms with E-state index in [2.05, 4.69) is 5.32 Å². The predicted octanol–water partition coefficient (Wildman–Crippen LogP) is 3.27. The summed E-state index contributed by atoms with van der Waals surface area (Å²) >= 11 is 0. The standard InChI is InChI=1S/C15H17N3O2/c1-17(2)14-9-5-13(6-10-14)16-11-12-3-7-15(8-4-12)18(19)20/h3-10,16H,11H2,1-2H3. The molecule has 2 aromatic rings. The molecular weight excluding hydrogens is 254 g/mol. The van der Waals surface area contributed by atoms with Crippen LogP contribution >= 0.6 is 0 Å². The molecule has 0 saturated heterocycles. The van der Waals surface area contributed by atoms with Gasteiger partial charge in [0.25, 0.3) is 5.69 Å². The second kappa shape index (κ2) is 6.06. The van der Waals surface area contributed by atoms with Crippen molar-refractivity contribution in [3.8, 4) is 0 Å². The number of nitro groups is 1. The Morgan fingerprint density at radius 1 is 1.05 bits per heavy atom. The number of non-ortho nitro benzene ring substituents is 1. The Kier molecular flexibility index (Phi) is 4.20. The average molecular weight is 271 g/mol. The summed E-state index contributed by atoms with van der Waals surface area (Å²) in [6.45, 7) is 0.638. The van der Waals surface area contributed by atoms with Crippen LogP contribution in [0.4, 0.5) is 17.1 Å². The largest absolute Gasteiger partial charge is 0.381 e. The molecular formula is C15H17N3O2. The van der Waals surface area contributed by atoms with Gasteiger partial charge in [-0.25, -0.2) is 0 Å². The second-order valence-corrected chi connectivity index (χ2v) is 4.72. The number of hydrogen-bond donors (Lipinski definition) is 1. The van der Waals surface area contributed by atoms with Gasteiger partial charge in [-0.1, -0.05) is 12.1 Å². The minimum atomic E-state index is -0.392. The first kappa shape index (κ1) is 13.9. The molecule has 2 aromatic carbocycles. The lowest BCUT2D eigenvalue weighted by Crippen LogP contribution is -2.08. The Hall–Kier alpha value is -2.56. The van der Waals surface area contributed by atoms with Crippen LogP contribution < -0.4 is 10.2 Å². The number of benzene rings is 2. The van der Waals surface area contributed by atoms with Crippen LogP contribution in [0.5, 0.6) is 0 Å². The third-order valence-electron chi connectivity index (χ3n) is 3.03. The molecule has 0 fully saturated rings. The van der Waals surface area contributed by atoms with Gasteiger partial charge in [-0.05, 0) is 29.8 Å². The molecule has 0 aromatic heterocycles. The van der Waals surface area contributed by atoms with Crippen LogP contribution in [0, 0.1) is 10.1 Å². The molecule has 0 bridgehead atoms. The summed E-state index contributed by atoms with van der Waals surface area (Å²) in [5.74, 6) is 0. The van der Waals surface area contributed by atoms with E-state index >= 15 is 0 Å². The molecule has 0 spiro atoms. The highest BCUT2D eigenvalue weighted by Gasteiger charge is 2.03. The summed E-state index contributed by atoms with van der Waals surface area (Å²) in [7, 11) is 4.00. The first-order valence-electron chi connectivity index (χ1n) is 6.31. The van der Waals surface area contributed by atoms with Gasteiger partial charge in [0.05, 0.1) is 4.92 Å². The average Bonchev–Trinajstić information content (AvgIpc) is 2.46. The fraction of sp³-hybridized carbons (Fsp3) is 0.200. The van der Waals surface area contributed by atoms with Crippen molar-refractivity contribution >= 4 is 17.1 Å². The number of rotatable bonds is 5. The van der Waals surface area contributed by atoms with Gasteiger partial charge in [-0.15, -0.1) is 0 Å². The Morgan fingerprint density at radius 3 is 2.15 bits per heavy atom. The maximum atomic E-state index is 10.6. The molecule has 104 valence electrons. The quantitative estimate of drug-likeness (QED) is 0.669. The number of nitrogens with zero attached hydrogens (tertiary/aromatic N) is 2. The van der Waals surface area contributed by atoms with Crippen molar-refractivity contribution in [2.45, 2.75) is 6.54 Å². The zero-order valence-corrected chi connectivity index (χ0v) is 11.5. The van der Waals surface area contributed by atoms with Crippen molar-refractivity contribution in [1.82, 2.24) is 0 Å². The Labute approximate surface area is 118 Å². The number of hydrogen-bond acceptors (Lipinski definition) is 4. The smallest absolute Gasteiger partial charge is 0.269 e. The fourth-order valence-electron chi connectivity index (χ4n) is 1.82. The van der Waals surface area contributed by atoms with Gasteiger partial charge in [-0.3, -0.25) is 10.1 Å². The summed E-state index contributed by atoms with van der Waals surface area (Å²) in [6, 6.07) is 14.7. The first-order chi connectivity index (χ1) is 9.56. The molecule has 0 unspecified atom stereocenters. The summed E-state index contributed by atoms with van der Waals surface area (Å²) in [6.07, 6.45) is 0. The van der Waals surface area contributed by atoms with Crippen LogP contribution in [0.1, 0.15) is 5.56 Å². The monoisotopic (exact) mass is 271 g/mol. The van der Waals surface area contributed by atoms with Crippen LogP contribution in [0.25, 0.3) is 0 Å². The fourth-order valence-corrected chi connectivity index (χ4v) is 1.82. The summed E-state index contributed by atoms with van der Waals surface area (Å²) in [5, 5.41) is 13.9. The van der Waals surface area contributed by atoms with E-state index < -0.39 is 4.92 Å². The molecule has 5 heteroatoms. The van der Waals surface area contributed by atoms with E-state index in [0.29, 0.717) is 6.54 Å².